The third-order valence-corrected chi connectivity index (χ3v) is 6.10. The third kappa shape index (κ3) is 4.38. The minimum absolute atomic E-state index is 0.294. The van der Waals surface area contributed by atoms with Crippen LogP contribution in [0.25, 0.3) is 11.2 Å². The quantitative estimate of drug-likeness (QED) is 0.431. The Morgan fingerprint density at radius 2 is 1.97 bits per heavy atom. The van der Waals surface area contributed by atoms with E-state index in [0.717, 1.165) is 10.5 Å². The van der Waals surface area contributed by atoms with Gasteiger partial charge in [0.2, 0.25) is 0 Å². The van der Waals surface area contributed by atoms with Crippen LogP contribution in [0.1, 0.15) is 5.56 Å². The van der Waals surface area contributed by atoms with Gasteiger partial charge in [0.15, 0.2) is 22.1 Å². The summed E-state index contributed by atoms with van der Waals surface area (Å²) in [6.45, 7) is 0.507. The lowest BCUT2D eigenvalue weighted by Crippen LogP contribution is -2.05. The normalized spacial score (nSPS) is 11.1. The molecule has 2 aromatic carbocycles. The molecule has 0 radical (unpaired) electrons. The maximum Gasteiger partial charge on any atom is 0.175 e. The first kappa shape index (κ1) is 21.2. The van der Waals surface area contributed by atoms with E-state index in [2.05, 4.69) is 15.0 Å². The second-order valence-electron chi connectivity index (χ2n) is 6.58. The molecule has 4 rings (SSSR count). The number of nitrogens with zero attached hydrogens (tertiary/aromatic N) is 4. The number of ether oxygens (including phenoxy) is 2. The maximum atomic E-state index is 13.4. The molecule has 0 unspecified atom stereocenters. The average Bonchev–Trinajstić information content (AvgIpc) is 3.11. The van der Waals surface area contributed by atoms with Gasteiger partial charge in [-0.15, -0.1) is 0 Å². The van der Waals surface area contributed by atoms with Crippen LogP contribution >= 0.6 is 23.4 Å². The number of imidazole rings is 1. The number of anilines is 1. The van der Waals surface area contributed by atoms with E-state index in [1.807, 2.05) is 22.8 Å². The molecule has 0 spiro atoms. The van der Waals surface area contributed by atoms with Crippen molar-refractivity contribution in [2.75, 3.05) is 20.0 Å². The highest BCUT2D eigenvalue weighted by atomic mass is 35.5. The fourth-order valence-electron chi connectivity index (χ4n) is 3.13. The molecule has 0 bridgehead atoms. The van der Waals surface area contributed by atoms with E-state index in [1.165, 1.54) is 30.2 Å². The van der Waals surface area contributed by atoms with Gasteiger partial charge in [-0.05, 0) is 54.1 Å². The summed E-state index contributed by atoms with van der Waals surface area (Å²) in [5, 5.41) is 1.04. The zero-order valence-electron chi connectivity index (χ0n) is 16.8. The molecule has 0 atom stereocenters. The molecule has 0 amide bonds. The topological polar surface area (TPSA) is 88.1 Å². The number of nitrogen functional groups attached to an aromatic ring is 1. The van der Waals surface area contributed by atoms with Gasteiger partial charge >= 0.3 is 0 Å². The fraction of sp³-hybridized carbons (Fsp3) is 0.190. The van der Waals surface area contributed by atoms with E-state index in [-0.39, 0.29) is 5.82 Å². The van der Waals surface area contributed by atoms with Crippen molar-refractivity contribution in [1.29, 1.82) is 0 Å². The number of fused-ring (bicyclic) bond motifs is 1. The van der Waals surface area contributed by atoms with Crippen molar-refractivity contribution in [3.63, 3.8) is 0 Å². The van der Waals surface area contributed by atoms with E-state index in [9.17, 15) is 4.39 Å². The first-order valence-electron chi connectivity index (χ1n) is 9.30. The molecule has 31 heavy (non-hydrogen) atoms. The van der Waals surface area contributed by atoms with Crippen molar-refractivity contribution >= 4 is 40.3 Å². The number of nitrogens with two attached hydrogens (primary N) is 1. The molecule has 2 N–H and O–H groups in total. The molecule has 0 aliphatic heterocycles. The molecule has 0 fully saturated rings. The van der Waals surface area contributed by atoms with Gasteiger partial charge in [-0.3, -0.25) is 0 Å². The molecule has 10 heteroatoms. The van der Waals surface area contributed by atoms with Crippen molar-refractivity contribution in [3.05, 3.63) is 59.1 Å². The van der Waals surface area contributed by atoms with Crippen molar-refractivity contribution in [2.24, 2.45) is 0 Å². The van der Waals surface area contributed by atoms with Crippen LogP contribution in [0.5, 0.6) is 11.5 Å². The summed E-state index contributed by atoms with van der Waals surface area (Å²) in [6, 6.07) is 9.91. The highest BCUT2D eigenvalue weighted by molar-refractivity contribution is 7.99. The summed E-state index contributed by atoms with van der Waals surface area (Å²) in [4.78, 5) is 13.9. The lowest BCUT2D eigenvalue weighted by atomic mass is 10.1. The van der Waals surface area contributed by atoms with Crippen LogP contribution < -0.4 is 15.2 Å². The lowest BCUT2D eigenvalue weighted by molar-refractivity contribution is 0.394. The Morgan fingerprint density at radius 1 is 1.13 bits per heavy atom. The SMILES string of the molecule is COc1ccc(OC)c(Sc2nc3c(N)ncnc3n2CCc2ccc(F)cc2Cl)c1. The highest BCUT2D eigenvalue weighted by Gasteiger charge is 2.18. The Balaban J connectivity index is 1.74. The summed E-state index contributed by atoms with van der Waals surface area (Å²) < 4.78 is 26.2. The number of halogens is 2. The molecule has 0 saturated heterocycles. The second kappa shape index (κ2) is 8.99. The number of methoxy groups -OCH3 is 2. The zero-order chi connectivity index (χ0) is 22.0. The Bertz CT molecular complexity index is 1250. The van der Waals surface area contributed by atoms with Crippen molar-refractivity contribution in [2.45, 2.75) is 23.0 Å². The summed E-state index contributed by atoms with van der Waals surface area (Å²) in [5.74, 6) is 1.31. The number of hydrogen-bond acceptors (Lipinski definition) is 7. The van der Waals surface area contributed by atoms with Gasteiger partial charge in [0, 0.05) is 11.6 Å². The zero-order valence-corrected chi connectivity index (χ0v) is 18.4. The van der Waals surface area contributed by atoms with E-state index in [4.69, 9.17) is 26.8 Å². The molecule has 2 heterocycles. The van der Waals surface area contributed by atoms with E-state index in [1.54, 1.807) is 20.3 Å². The molecule has 7 nitrogen and oxygen atoms in total. The van der Waals surface area contributed by atoms with E-state index in [0.29, 0.717) is 51.6 Å². The van der Waals surface area contributed by atoms with Crippen LogP contribution in [0, 0.1) is 5.82 Å². The molecule has 4 aromatic rings. The van der Waals surface area contributed by atoms with Gasteiger partial charge in [-0.25, -0.2) is 19.3 Å². The number of aryl methyl sites for hydroxylation is 2. The molecule has 2 aromatic heterocycles. The second-order valence-corrected chi connectivity index (χ2v) is 8.00. The Morgan fingerprint density at radius 3 is 2.71 bits per heavy atom. The minimum atomic E-state index is -0.372. The smallest absolute Gasteiger partial charge is 0.175 e. The average molecular weight is 460 g/mol. The molecular formula is C21H19ClFN5O2S. The first-order valence-corrected chi connectivity index (χ1v) is 10.5. The number of benzene rings is 2. The first-order chi connectivity index (χ1) is 15.0. The molecule has 0 saturated carbocycles. The minimum Gasteiger partial charge on any atom is -0.497 e. The Hall–Kier alpha value is -3.04. The fourth-order valence-corrected chi connectivity index (χ4v) is 4.44. The summed E-state index contributed by atoms with van der Waals surface area (Å²) in [6.07, 6.45) is 1.96. The number of aromatic nitrogens is 4. The van der Waals surface area contributed by atoms with Gasteiger partial charge in [-0.2, -0.15) is 0 Å². The number of hydrogen-bond donors (Lipinski definition) is 1. The van der Waals surface area contributed by atoms with Crippen molar-refractivity contribution in [3.8, 4) is 11.5 Å². The summed E-state index contributed by atoms with van der Waals surface area (Å²) in [5.41, 5.74) is 7.98. The number of rotatable bonds is 7. The van der Waals surface area contributed by atoms with Crippen LogP contribution in [-0.4, -0.2) is 33.7 Å². The predicted molar refractivity (Wildman–Crippen MR) is 119 cm³/mol. The van der Waals surface area contributed by atoms with E-state index >= 15 is 0 Å². The highest BCUT2D eigenvalue weighted by Crippen LogP contribution is 2.38. The van der Waals surface area contributed by atoms with Crippen molar-refractivity contribution in [1.82, 2.24) is 19.5 Å². The monoisotopic (exact) mass is 459 g/mol. The standard InChI is InChI=1S/C21H19ClFN5O2S/c1-29-14-5-6-16(30-2)17(10-14)31-21-27-18-19(24)25-11-26-20(18)28(21)8-7-12-3-4-13(23)9-15(12)22/h3-6,9-11H,7-8H2,1-2H3,(H2,24,25,26). The summed E-state index contributed by atoms with van der Waals surface area (Å²) >= 11 is 7.61. The van der Waals surface area contributed by atoms with Gasteiger partial charge in [0.05, 0.1) is 19.1 Å². The lowest BCUT2D eigenvalue weighted by Gasteiger charge is -2.12. The Kier molecular flexibility index (Phi) is 6.15. The maximum absolute atomic E-state index is 13.4. The largest absolute Gasteiger partial charge is 0.497 e. The molecule has 0 aliphatic carbocycles. The molecule has 160 valence electrons. The van der Waals surface area contributed by atoms with Crippen LogP contribution in [0.15, 0.2) is 52.8 Å². The molecule has 0 aliphatic rings. The van der Waals surface area contributed by atoms with Gasteiger partial charge < -0.3 is 19.8 Å². The third-order valence-electron chi connectivity index (χ3n) is 4.72. The van der Waals surface area contributed by atoms with Gasteiger partial charge in [-0.1, -0.05) is 17.7 Å². The van der Waals surface area contributed by atoms with Crippen LogP contribution in [0.3, 0.4) is 0 Å². The van der Waals surface area contributed by atoms with Crippen LogP contribution in [-0.2, 0) is 13.0 Å². The Labute approximate surface area is 187 Å². The molecular weight excluding hydrogens is 441 g/mol. The van der Waals surface area contributed by atoms with Crippen LogP contribution in [0.2, 0.25) is 5.02 Å². The van der Waals surface area contributed by atoms with Crippen LogP contribution in [0.4, 0.5) is 10.2 Å². The van der Waals surface area contributed by atoms with Gasteiger partial charge in [0.1, 0.15) is 23.6 Å². The van der Waals surface area contributed by atoms with E-state index < -0.39 is 0 Å². The van der Waals surface area contributed by atoms with Gasteiger partial charge in [0.25, 0.3) is 0 Å². The predicted octanol–water partition coefficient (Wildman–Crippen LogP) is 4.61. The van der Waals surface area contributed by atoms with Crippen molar-refractivity contribution < 1.29 is 13.9 Å². The summed E-state index contributed by atoms with van der Waals surface area (Å²) in [7, 11) is 3.21.